The molecule has 3 rings (SSSR count). The van der Waals surface area contributed by atoms with Gasteiger partial charge in [0, 0.05) is 24.4 Å². The monoisotopic (exact) mass is 408 g/mol. The lowest BCUT2D eigenvalue weighted by molar-refractivity contribution is -0.144. The zero-order valence-electron chi connectivity index (χ0n) is 17.8. The second-order valence-corrected chi connectivity index (χ2v) is 8.96. The van der Waals surface area contributed by atoms with Crippen molar-refractivity contribution >= 4 is 17.8 Å². The second-order valence-electron chi connectivity index (χ2n) is 8.96. The quantitative estimate of drug-likeness (QED) is 0.822. The summed E-state index contributed by atoms with van der Waals surface area (Å²) in [6, 6.07) is 18.0. The van der Waals surface area contributed by atoms with Crippen molar-refractivity contribution in [1.82, 2.24) is 9.80 Å². The number of carbonyl (C=O) groups is 3. The lowest BCUT2D eigenvalue weighted by Crippen LogP contribution is -2.58. The van der Waals surface area contributed by atoms with Crippen LogP contribution in [0.3, 0.4) is 0 Å². The zero-order valence-corrected chi connectivity index (χ0v) is 17.8. The van der Waals surface area contributed by atoms with Crippen LogP contribution in [0.5, 0.6) is 0 Å². The van der Waals surface area contributed by atoms with Gasteiger partial charge in [-0.3, -0.25) is 14.4 Å². The van der Waals surface area contributed by atoms with Gasteiger partial charge in [-0.05, 0) is 17.7 Å². The van der Waals surface area contributed by atoms with Crippen molar-refractivity contribution in [2.75, 3.05) is 7.05 Å². The molecule has 1 N–H and O–H groups in total. The first-order chi connectivity index (χ1) is 14.1. The van der Waals surface area contributed by atoms with Gasteiger partial charge in [-0.1, -0.05) is 69.3 Å². The number of carboxylic acid groups (broad SMARTS) is 1. The van der Waals surface area contributed by atoms with Gasteiger partial charge < -0.3 is 14.9 Å². The Labute approximate surface area is 177 Å². The van der Waals surface area contributed by atoms with E-state index in [0.717, 1.165) is 5.56 Å². The van der Waals surface area contributed by atoms with Crippen LogP contribution < -0.4 is 0 Å². The highest BCUT2D eigenvalue weighted by molar-refractivity contribution is 6.03. The summed E-state index contributed by atoms with van der Waals surface area (Å²) < 4.78 is 0. The summed E-state index contributed by atoms with van der Waals surface area (Å²) in [5.74, 6) is -1.81. The Hall–Kier alpha value is -3.15. The molecule has 1 heterocycles. The van der Waals surface area contributed by atoms with Crippen molar-refractivity contribution in [3.8, 4) is 0 Å². The topological polar surface area (TPSA) is 77.9 Å². The molecule has 0 saturated carbocycles. The summed E-state index contributed by atoms with van der Waals surface area (Å²) >= 11 is 0. The van der Waals surface area contributed by atoms with E-state index in [1.54, 1.807) is 31.3 Å². The van der Waals surface area contributed by atoms with Crippen LogP contribution in [0.1, 0.15) is 43.1 Å². The Bertz CT molecular complexity index is 937. The smallest absolute Gasteiger partial charge is 0.306 e. The minimum Gasteiger partial charge on any atom is -0.481 e. The number of carboxylic acids is 1. The first kappa shape index (κ1) is 21.6. The molecule has 1 unspecified atom stereocenters. The van der Waals surface area contributed by atoms with E-state index in [4.69, 9.17) is 0 Å². The van der Waals surface area contributed by atoms with E-state index in [1.807, 2.05) is 57.2 Å². The molecule has 30 heavy (non-hydrogen) atoms. The molecule has 2 atom stereocenters. The first-order valence-electron chi connectivity index (χ1n) is 9.99. The summed E-state index contributed by atoms with van der Waals surface area (Å²) in [5.41, 5.74) is -0.753. The maximum Gasteiger partial charge on any atom is 0.306 e. The number of hydrogen-bond acceptors (Lipinski definition) is 3. The van der Waals surface area contributed by atoms with Crippen LogP contribution in [-0.2, 0) is 16.0 Å². The standard InChI is InChI=1S/C24H28N2O4/c1-23(2,3)21-25(4)22(30)24(16-19(27)28,15-17-11-7-5-8-12-17)26(21)20(29)18-13-9-6-10-14-18/h5-14,21H,15-16H2,1-4H3,(H,27,28)/t21-,24?/m0/s1. The van der Waals surface area contributed by atoms with Crippen molar-refractivity contribution in [3.63, 3.8) is 0 Å². The van der Waals surface area contributed by atoms with E-state index in [-0.39, 0.29) is 18.2 Å². The maximum atomic E-state index is 13.7. The molecule has 1 aliphatic heterocycles. The van der Waals surface area contributed by atoms with Crippen molar-refractivity contribution in [2.24, 2.45) is 5.41 Å². The minimum absolute atomic E-state index is 0.133. The number of nitrogens with zero attached hydrogens (tertiary/aromatic N) is 2. The highest BCUT2D eigenvalue weighted by Gasteiger charge is 2.61. The fourth-order valence-electron chi connectivity index (χ4n) is 4.51. The SMILES string of the molecule is CN1C(=O)C(CC(=O)O)(Cc2ccccc2)N(C(=O)c2ccccc2)[C@H]1C(C)(C)C. The van der Waals surface area contributed by atoms with Gasteiger partial charge in [0.1, 0.15) is 11.7 Å². The van der Waals surface area contributed by atoms with Gasteiger partial charge in [0.05, 0.1) is 6.42 Å². The lowest BCUT2D eigenvalue weighted by atomic mass is 9.83. The van der Waals surface area contributed by atoms with Crippen LogP contribution in [0.4, 0.5) is 0 Å². The third-order valence-corrected chi connectivity index (χ3v) is 5.59. The van der Waals surface area contributed by atoms with Crippen molar-refractivity contribution in [3.05, 3.63) is 71.8 Å². The average molecular weight is 408 g/mol. The molecule has 0 spiro atoms. The number of likely N-dealkylation sites (N-methyl/N-ethyl adjacent to an activating group) is 1. The molecule has 2 aromatic carbocycles. The van der Waals surface area contributed by atoms with Crippen LogP contribution in [0.15, 0.2) is 60.7 Å². The van der Waals surface area contributed by atoms with E-state index in [9.17, 15) is 19.5 Å². The van der Waals surface area contributed by atoms with Crippen molar-refractivity contribution in [1.29, 1.82) is 0 Å². The lowest BCUT2D eigenvalue weighted by Gasteiger charge is -2.42. The Morgan fingerprint density at radius 2 is 1.53 bits per heavy atom. The highest BCUT2D eigenvalue weighted by atomic mass is 16.4. The van der Waals surface area contributed by atoms with Gasteiger partial charge in [0.2, 0.25) is 0 Å². The van der Waals surface area contributed by atoms with Crippen LogP contribution in [0.25, 0.3) is 0 Å². The highest BCUT2D eigenvalue weighted by Crippen LogP contribution is 2.43. The van der Waals surface area contributed by atoms with Crippen LogP contribution in [0.2, 0.25) is 0 Å². The average Bonchev–Trinajstić information content (AvgIpc) is 2.90. The summed E-state index contributed by atoms with van der Waals surface area (Å²) in [6.07, 6.45) is -0.911. The molecule has 2 aromatic rings. The van der Waals surface area contributed by atoms with Gasteiger partial charge in [-0.2, -0.15) is 0 Å². The molecule has 0 radical (unpaired) electrons. The molecule has 0 aromatic heterocycles. The number of amides is 2. The number of benzene rings is 2. The van der Waals surface area contributed by atoms with E-state index < -0.39 is 29.5 Å². The van der Waals surface area contributed by atoms with Gasteiger partial charge in [-0.15, -0.1) is 0 Å². The molecule has 6 nitrogen and oxygen atoms in total. The summed E-state index contributed by atoms with van der Waals surface area (Å²) in [5, 5.41) is 9.77. The Kier molecular flexibility index (Phi) is 5.70. The number of aliphatic carboxylic acids is 1. The van der Waals surface area contributed by atoms with Gasteiger partial charge in [0.15, 0.2) is 0 Å². The Morgan fingerprint density at radius 1 is 1.00 bits per heavy atom. The van der Waals surface area contributed by atoms with Crippen molar-refractivity contribution in [2.45, 2.75) is 45.3 Å². The van der Waals surface area contributed by atoms with Gasteiger partial charge in [0.25, 0.3) is 11.8 Å². The minimum atomic E-state index is -1.51. The molecule has 0 aliphatic carbocycles. The third-order valence-electron chi connectivity index (χ3n) is 5.59. The molecule has 1 fully saturated rings. The normalized spacial score (nSPS) is 21.7. The maximum absolute atomic E-state index is 13.7. The van der Waals surface area contributed by atoms with E-state index in [0.29, 0.717) is 5.56 Å². The van der Waals surface area contributed by atoms with Crippen LogP contribution in [0, 0.1) is 5.41 Å². The number of rotatable bonds is 5. The van der Waals surface area contributed by atoms with Gasteiger partial charge >= 0.3 is 5.97 Å². The van der Waals surface area contributed by atoms with Crippen LogP contribution >= 0.6 is 0 Å². The van der Waals surface area contributed by atoms with Crippen molar-refractivity contribution < 1.29 is 19.5 Å². The molecule has 6 heteroatoms. The Morgan fingerprint density at radius 3 is 2.03 bits per heavy atom. The predicted molar refractivity (Wildman–Crippen MR) is 114 cm³/mol. The first-order valence-corrected chi connectivity index (χ1v) is 9.99. The molecule has 1 saturated heterocycles. The van der Waals surface area contributed by atoms with E-state index in [1.165, 1.54) is 9.80 Å². The Balaban J connectivity index is 2.22. The third kappa shape index (κ3) is 3.82. The van der Waals surface area contributed by atoms with Gasteiger partial charge in [-0.25, -0.2) is 0 Å². The summed E-state index contributed by atoms with van der Waals surface area (Å²) in [4.78, 5) is 42.4. The van der Waals surface area contributed by atoms with E-state index >= 15 is 0 Å². The van der Waals surface area contributed by atoms with E-state index in [2.05, 4.69) is 0 Å². The predicted octanol–water partition coefficient (Wildman–Crippen LogP) is 3.43. The summed E-state index contributed by atoms with van der Waals surface area (Å²) in [6.45, 7) is 5.85. The molecular weight excluding hydrogens is 380 g/mol. The second kappa shape index (κ2) is 7.94. The molecule has 158 valence electrons. The zero-order chi connectivity index (χ0) is 22.1. The fourth-order valence-corrected chi connectivity index (χ4v) is 4.51. The largest absolute Gasteiger partial charge is 0.481 e. The molecule has 0 bridgehead atoms. The van der Waals surface area contributed by atoms with Crippen LogP contribution in [-0.4, -0.2) is 51.4 Å². The number of carbonyl (C=O) groups excluding carboxylic acids is 2. The molecule has 2 amide bonds. The fraction of sp³-hybridized carbons (Fsp3) is 0.375. The summed E-state index contributed by atoms with van der Waals surface area (Å²) in [7, 11) is 1.65. The molecular formula is C24H28N2O4. The molecule has 1 aliphatic rings. The number of hydrogen-bond donors (Lipinski definition) is 1.